The fourth-order valence-electron chi connectivity index (χ4n) is 3.68. The number of fused-ring (bicyclic) bond motifs is 2. The van der Waals surface area contributed by atoms with E-state index in [1.165, 1.54) is 7.11 Å². The molecule has 2 aliphatic rings. The number of methoxy groups -OCH3 is 1. The molecule has 2 unspecified atom stereocenters. The monoisotopic (exact) mass is 328 g/mol. The molecule has 2 heterocycles. The topological polar surface area (TPSA) is 91.1 Å². The van der Waals surface area contributed by atoms with Crippen molar-refractivity contribution in [3.8, 4) is 0 Å². The number of morpholine rings is 1. The minimum Gasteiger partial charge on any atom is -0.469 e. The van der Waals surface area contributed by atoms with Gasteiger partial charge in [-0.15, -0.1) is 0 Å². The number of carbonyl (C=O) groups excluding carboxylic acids is 2. The van der Waals surface area contributed by atoms with Gasteiger partial charge in [0, 0.05) is 0 Å². The third-order valence-electron chi connectivity index (χ3n) is 4.51. The summed E-state index contributed by atoms with van der Waals surface area (Å²) < 4.78 is 16.1. The summed E-state index contributed by atoms with van der Waals surface area (Å²) in [7, 11) is 1.40. The zero-order valence-electron chi connectivity index (χ0n) is 14.5. The number of nitrogens with zero attached hydrogens (tertiary/aromatic N) is 1. The van der Waals surface area contributed by atoms with Gasteiger partial charge < -0.3 is 19.9 Å². The van der Waals surface area contributed by atoms with Crippen molar-refractivity contribution in [1.29, 1.82) is 0 Å². The van der Waals surface area contributed by atoms with Gasteiger partial charge in [0.15, 0.2) is 0 Å². The lowest BCUT2D eigenvalue weighted by molar-refractivity contribution is -0.167. The first kappa shape index (κ1) is 18.0. The summed E-state index contributed by atoms with van der Waals surface area (Å²) in [6.07, 6.45) is 1.19. The van der Waals surface area contributed by atoms with Crippen LogP contribution in [0.25, 0.3) is 0 Å². The van der Waals surface area contributed by atoms with Gasteiger partial charge in [0.1, 0.15) is 5.60 Å². The normalized spacial score (nSPS) is 30.7. The van der Waals surface area contributed by atoms with Crippen LogP contribution in [0.1, 0.15) is 40.0 Å². The molecule has 1 amide bonds. The summed E-state index contributed by atoms with van der Waals surface area (Å²) in [5, 5.41) is 0. The highest BCUT2D eigenvalue weighted by Gasteiger charge is 2.53. The lowest BCUT2D eigenvalue weighted by atomic mass is 9.69. The Morgan fingerprint density at radius 2 is 1.83 bits per heavy atom. The van der Waals surface area contributed by atoms with Gasteiger partial charge in [0.25, 0.3) is 0 Å². The highest BCUT2D eigenvalue weighted by molar-refractivity contribution is 5.78. The Morgan fingerprint density at radius 1 is 1.26 bits per heavy atom. The van der Waals surface area contributed by atoms with E-state index in [0.717, 1.165) is 0 Å². The average molecular weight is 328 g/mol. The molecule has 2 bridgehead atoms. The number of ether oxygens (including phenoxy) is 3. The molecule has 2 atom stereocenters. The van der Waals surface area contributed by atoms with E-state index in [1.54, 1.807) is 4.90 Å². The lowest BCUT2D eigenvalue weighted by Gasteiger charge is -2.51. The lowest BCUT2D eigenvalue weighted by Crippen LogP contribution is -2.63. The van der Waals surface area contributed by atoms with Crippen molar-refractivity contribution in [3.05, 3.63) is 0 Å². The van der Waals surface area contributed by atoms with E-state index in [4.69, 9.17) is 19.9 Å². The van der Waals surface area contributed by atoms with E-state index in [2.05, 4.69) is 0 Å². The van der Waals surface area contributed by atoms with Crippen LogP contribution in [-0.2, 0) is 19.0 Å². The van der Waals surface area contributed by atoms with E-state index in [-0.39, 0.29) is 24.1 Å². The number of hydrogen-bond acceptors (Lipinski definition) is 6. The van der Waals surface area contributed by atoms with Gasteiger partial charge in [-0.3, -0.25) is 9.69 Å². The molecule has 2 aliphatic heterocycles. The number of piperidine rings is 1. The van der Waals surface area contributed by atoms with E-state index < -0.39 is 11.0 Å². The van der Waals surface area contributed by atoms with Crippen LogP contribution < -0.4 is 5.73 Å². The highest BCUT2D eigenvalue weighted by Crippen LogP contribution is 2.44. The smallest absolute Gasteiger partial charge is 0.410 e. The van der Waals surface area contributed by atoms with Crippen LogP contribution in [0.5, 0.6) is 0 Å². The van der Waals surface area contributed by atoms with Crippen LogP contribution in [0.2, 0.25) is 0 Å². The Balaban J connectivity index is 2.22. The molecule has 2 saturated heterocycles. The van der Waals surface area contributed by atoms with Crippen molar-refractivity contribution < 1.29 is 23.8 Å². The second-order valence-corrected chi connectivity index (χ2v) is 7.45. The molecule has 0 spiro atoms. The highest BCUT2D eigenvalue weighted by atomic mass is 16.6. The molecule has 0 aromatic carbocycles. The maximum absolute atomic E-state index is 12.5. The van der Waals surface area contributed by atoms with Gasteiger partial charge in [-0.1, -0.05) is 0 Å². The van der Waals surface area contributed by atoms with Gasteiger partial charge in [-0.05, 0) is 46.6 Å². The summed E-state index contributed by atoms with van der Waals surface area (Å²) in [6, 6.07) is -0.383. The van der Waals surface area contributed by atoms with Crippen LogP contribution in [-0.4, -0.2) is 61.5 Å². The third kappa shape index (κ3) is 3.77. The molecular formula is C16H28N2O5. The fourth-order valence-corrected chi connectivity index (χ4v) is 3.68. The number of hydrogen-bond donors (Lipinski definition) is 1. The van der Waals surface area contributed by atoms with Crippen molar-refractivity contribution in [2.75, 3.05) is 26.9 Å². The molecule has 0 aromatic heterocycles. The number of carbonyl (C=O) groups is 2. The Bertz CT molecular complexity index is 446. The molecule has 2 N–H and O–H groups in total. The fraction of sp³-hybridized carbons (Fsp3) is 0.875. The summed E-state index contributed by atoms with van der Waals surface area (Å²) >= 11 is 0. The quantitative estimate of drug-likeness (QED) is 0.785. The first-order valence-corrected chi connectivity index (χ1v) is 8.10. The number of esters is 1. The Kier molecular flexibility index (Phi) is 5.20. The molecule has 0 aliphatic carbocycles. The number of rotatable bonds is 3. The van der Waals surface area contributed by atoms with E-state index in [1.807, 2.05) is 20.8 Å². The van der Waals surface area contributed by atoms with Crippen molar-refractivity contribution in [3.63, 3.8) is 0 Å². The third-order valence-corrected chi connectivity index (χ3v) is 4.51. The first-order chi connectivity index (χ1) is 10.7. The van der Waals surface area contributed by atoms with Crippen molar-refractivity contribution in [2.24, 2.45) is 11.1 Å². The number of nitrogens with two attached hydrogens (primary N) is 1. The van der Waals surface area contributed by atoms with Crippen molar-refractivity contribution in [1.82, 2.24) is 4.90 Å². The van der Waals surface area contributed by atoms with Crippen molar-refractivity contribution in [2.45, 2.75) is 57.7 Å². The first-order valence-electron chi connectivity index (χ1n) is 8.10. The standard InChI is InChI=1S/C16H28N2O5/c1-15(2,3)23-14(20)18-11-7-16(5-6-17,13(19)21-4)8-12(18)10-22-9-11/h11-12H,5-10,17H2,1-4H3. The molecule has 132 valence electrons. The molecule has 0 aromatic rings. The summed E-state index contributed by atoms with van der Waals surface area (Å²) in [6.45, 7) is 6.73. The van der Waals surface area contributed by atoms with Crippen LogP contribution >= 0.6 is 0 Å². The minimum atomic E-state index is -0.638. The maximum Gasteiger partial charge on any atom is 0.410 e. The summed E-state index contributed by atoms with van der Waals surface area (Å²) in [4.78, 5) is 26.6. The van der Waals surface area contributed by atoms with Crippen LogP contribution in [0.4, 0.5) is 4.79 Å². The molecule has 2 fully saturated rings. The van der Waals surface area contributed by atoms with E-state index in [9.17, 15) is 9.59 Å². The molecule has 7 heteroatoms. The minimum absolute atomic E-state index is 0.192. The SMILES string of the molecule is COC(=O)C1(CCN)CC2COCC(C1)N2C(=O)OC(C)(C)C. The average Bonchev–Trinajstić information content (AvgIpc) is 2.43. The van der Waals surface area contributed by atoms with E-state index >= 15 is 0 Å². The molecule has 2 rings (SSSR count). The molecular weight excluding hydrogens is 300 g/mol. The summed E-state index contributed by atoms with van der Waals surface area (Å²) in [5.74, 6) is -0.247. The van der Waals surface area contributed by atoms with Gasteiger partial charge in [-0.25, -0.2) is 4.79 Å². The Hall–Kier alpha value is -1.34. The zero-order valence-corrected chi connectivity index (χ0v) is 14.5. The maximum atomic E-state index is 12.5. The van der Waals surface area contributed by atoms with Crippen LogP contribution in [0.3, 0.4) is 0 Å². The van der Waals surface area contributed by atoms with Gasteiger partial charge in [-0.2, -0.15) is 0 Å². The summed E-state index contributed by atoms with van der Waals surface area (Å²) in [5.41, 5.74) is 4.53. The van der Waals surface area contributed by atoms with Gasteiger partial charge in [0.05, 0.1) is 37.8 Å². The molecule has 7 nitrogen and oxygen atoms in total. The van der Waals surface area contributed by atoms with E-state index in [0.29, 0.717) is 39.0 Å². The largest absolute Gasteiger partial charge is 0.469 e. The van der Waals surface area contributed by atoms with Crippen molar-refractivity contribution >= 4 is 12.1 Å². The van der Waals surface area contributed by atoms with Gasteiger partial charge >= 0.3 is 12.1 Å². The second kappa shape index (κ2) is 6.65. The molecule has 0 radical (unpaired) electrons. The molecule has 0 saturated carbocycles. The van der Waals surface area contributed by atoms with Gasteiger partial charge in [0.2, 0.25) is 0 Å². The predicted molar refractivity (Wildman–Crippen MR) is 83.8 cm³/mol. The Labute approximate surface area is 137 Å². The van der Waals surface area contributed by atoms with Crippen LogP contribution in [0, 0.1) is 5.41 Å². The molecule has 23 heavy (non-hydrogen) atoms. The zero-order chi connectivity index (χ0) is 17.3. The second-order valence-electron chi connectivity index (χ2n) is 7.45. The Morgan fingerprint density at radius 3 is 2.26 bits per heavy atom. The predicted octanol–water partition coefficient (Wildman–Crippen LogP) is 1.29. The van der Waals surface area contributed by atoms with Crippen LogP contribution in [0.15, 0.2) is 0 Å². The number of amides is 1.